The molecule has 1 N–H and O–H groups in total. The van der Waals surface area contributed by atoms with Gasteiger partial charge in [-0.2, -0.15) is 0 Å². The Morgan fingerprint density at radius 3 is 2.67 bits per heavy atom. The van der Waals surface area contributed by atoms with Crippen LogP contribution in [0, 0.1) is 6.92 Å². The van der Waals surface area contributed by atoms with E-state index in [2.05, 4.69) is 9.71 Å². The van der Waals surface area contributed by atoms with Crippen LogP contribution in [-0.2, 0) is 16.4 Å². The van der Waals surface area contributed by atoms with E-state index in [0.29, 0.717) is 23.1 Å². The van der Waals surface area contributed by atoms with Crippen LogP contribution in [0.15, 0.2) is 51.1 Å². The molecule has 0 amide bonds. The number of rotatable bonds is 6. The molecule has 126 valence electrons. The molecule has 0 fully saturated rings. The van der Waals surface area contributed by atoms with Crippen LogP contribution in [0.2, 0.25) is 5.02 Å². The van der Waals surface area contributed by atoms with Gasteiger partial charge in [0, 0.05) is 18.0 Å². The van der Waals surface area contributed by atoms with Gasteiger partial charge in [0.05, 0.1) is 15.5 Å². The number of sulfonamides is 1. The molecule has 5 nitrogen and oxygen atoms in total. The molecule has 0 bridgehead atoms. The lowest BCUT2D eigenvalue weighted by molar-refractivity contribution is 0.539. The van der Waals surface area contributed by atoms with Crippen molar-refractivity contribution in [2.24, 2.45) is 0 Å². The van der Waals surface area contributed by atoms with Gasteiger partial charge in [0.15, 0.2) is 0 Å². The first-order valence-corrected chi connectivity index (χ1v) is 9.95. The highest BCUT2D eigenvalue weighted by molar-refractivity contribution is 7.89. The van der Waals surface area contributed by atoms with Crippen LogP contribution >= 0.6 is 22.9 Å². The van der Waals surface area contributed by atoms with Gasteiger partial charge in [-0.05, 0) is 42.6 Å². The van der Waals surface area contributed by atoms with Crippen molar-refractivity contribution in [2.75, 3.05) is 6.54 Å². The average Bonchev–Trinajstić information content (AvgIpc) is 3.18. The van der Waals surface area contributed by atoms with Gasteiger partial charge in [0.2, 0.25) is 15.9 Å². The molecule has 3 rings (SSSR count). The van der Waals surface area contributed by atoms with Gasteiger partial charge in [0.1, 0.15) is 5.76 Å². The fraction of sp³-hybridized carbons (Fsp3) is 0.188. The normalized spacial score (nSPS) is 11.8. The van der Waals surface area contributed by atoms with Gasteiger partial charge in [-0.1, -0.05) is 17.7 Å². The molecule has 0 saturated heterocycles. The largest absolute Gasteiger partial charge is 0.440 e. The standard InChI is InChI=1S/C16H15ClN2O3S2/c1-11-14(19-16(22-11)15-3-2-10-23-15)8-9-18-24(20,21)13-6-4-12(17)5-7-13/h2-7,10,18H,8-9H2,1H3. The van der Waals surface area contributed by atoms with E-state index in [4.69, 9.17) is 16.0 Å². The number of nitrogens with one attached hydrogen (secondary N) is 1. The third-order valence-electron chi connectivity index (χ3n) is 3.40. The van der Waals surface area contributed by atoms with Crippen molar-refractivity contribution in [3.05, 3.63) is 58.3 Å². The minimum atomic E-state index is -3.56. The topological polar surface area (TPSA) is 72.2 Å². The average molecular weight is 383 g/mol. The maximum atomic E-state index is 12.2. The maximum absolute atomic E-state index is 12.2. The molecular weight excluding hydrogens is 368 g/mol. The lowest BCUT2D eigenvalue weighted by Gasteiger charge is -2.06. The van der Waals surface area contributed by atoms with Crippen molar-refractivity contribution in [1.82, 2.24) is 9.71 Å². The summed E-state index contributed by atoms with van der Waals surface area (Å²) in [7, 11) is -3.56. The van der Waals surface area contributed by atoms with Crippen molar-refractivity contribution < 1.29 is 12.8 Å². The number of hydrogen-bond acceptors (Lipinski definition) is 5. The second kappa shape index (κ2) is 7.06. The molecule has 0 saturated carbocycles. The molecule has 3 aromatic rings. The Balaban J connectivity index is 1.65. The second-order valence-corrected chi connectivity index (χ2v) is 8.25. The molecular formula is C16H15ClN2O3S2. The first-order chi connectivity index (χ1) is 11.5. The van der Waals surface area contributed by atoms with E-state index in [1.54, 1.807) is 23.5 Å². The number of aromatic nitrogens is 1. The Bertz CT molecular complexity index is 917. The Hall–Kier alpha value is -1.67. The van der Waals surface area contributed by atoms with Crippen LogP contribution < -0.4 is 4.72 Å². The zero-order valence-corrected chi connectivity index (χ0v) is 15.2. The van der Waals surface area contributed by atoms with E-state index < -0.39 is 10.0 Å². The minimum Gasteiger partial charge on any atom is -0.440 e. The van der Waals surface area contributed by atoms with Gasteiger partial charge in [-0.3, -0.25) is 0 Å². The monoisotopic (exact) mass is 382 g/mol. The Labute approximate surface area is 149 Å². The predicted molar refractivity (Wildman–Crippen MR) is 94.9 cm³/mol. The molecule has 0 spiro atoms. The Kier molecular flexibility index (Phi) is 5.05. The van der Waals surface area contributed by atoms with Gasteiger partial charge in [0.25, 0.3) is 0 Å². The first-order valence-electron chi connectivity index (χ1n) is 7.21. The summed E-state index contributed by atoms with van der Waals surface area (Å²) >= 11 is 7.32. The lowest BCUT2D eigenvalue weighted by Crippen LogP contribution is -2.26. The molecule has 0 aliphatic rings. The zero-order valence-electron chi connectivity index (χ0n) is 12.8. The third kappa shape index (κ3) is 3.87. The Morgan fingerprint density at radius 2 is 2.00 bits per heavy atom. The van der Waals surface area contributed by atoms with E-state index in [9.17, 15) is 8.42 Å². The molecule has 1 aromatic carbocycles. The summed E-state index contributed by atoms with van der Waals surface area (Å²) in [5, 5.41) is 2.45. The summed E-state index contributed by atoms with van der Waals surface area (Å²) in [6.45, 7) is 2.06. The first kappa shape index (κ1) is 17.2. The van der Waals surface area contributed by atoms with Crippen LogP contribution in [0.1, 0.15) is 11.5 Å². The van der Waals surface area contributed by atoms with Gasteiger partial charge in [-0.25, -0.2) is 18.1 Å². The molecule has 2 aromatic heterocycles. The molecule has 2 heterocycles. The highest BCUT2D eigenvalue weighted by Gasteiger charge is 2.15. The van der Waals surface area contributed by atoms with Crippen LogP contribution in [-0.4, -0.2) is 19.9 Å². The van der Waals surface area contributed by atoms with Gasteiger partial charge >= 0.3 is 0 Å². The fourth-order valence-electron chi connectivity index (χ4n) is 2.17. The molecule has 8 heteroatoms. The smallest absolute Gasteiger partial charge is 0.240 e. The number of oxazole rings is 1. The summed E-state index contributed by atoms with van der Waals surface area (Å²) in [5.41, 5.74) is 0.747. The molecule has 0 radical (unpaired) electrons. The van der Waals surface area contributed by atoms with E-state index in [0.717, 1.165) is 10.6 Å². The highest BCUT2D eigenvalue weighted by Crippen LogP contribution is 2.26. The number of halogens is 1. The van der Waals surface area contributed by atoms with E-state index in [1.165, 1.54) is 12.1 Å². The van der Waals surface area contributed by atoms with Crippen LogP contribution in [0.3, 0.4) is 0 Å². The zero-order chi connectivity index (χ0) is 17.2. The van der Waals surface area contributed by atoms with Crippen LogP contribution in [0.4, 0.5) is 0 Å². The van der Waals surface area contributed by atoms with Crippen molar-refractivity contribution in [3.8, 4) is 10.8 Å². The quantitative estimate of drug-likeness (QED) is 0.702. The SMILES string of the molecule is Cc1oc(-c2cccs2)nc1CCNS(=O)(=O)c1ccc(Cl)cc1. The number of thiophene rings is 1. The van der Waals surface area contributed by atoms with Crippen LogP contribution in [0.5, 0.6) is 0 Å². The molecule has 0 unspecified atom stereocenters. The third-order valence-corrected chi connectivity index (χ3v) is 5.99. The summed E-state index contributed by atoms with van der Waals surface area (Å²) in [4.78, 5) is 5.58. The van der Waals surface area contributed by atoms with Crippen molar-refractivity contribution in [1.29, 1.82) is 0 Å². The van der Waals surface area contributed by atoms with E-state index in [1.807, 2.05) is 24.4 Å². The van der Waals surface area contributed by atoms with Gasteiger partial charge in [-0.15, -0.1) is 11.3 Å². The molecule has 0 aliphatic carbocycles. The maximum Gasteiger partial charge on any atom is 0.240 e. The Morgan fingerprint density at radius 1 is 1.25 bits per heavy atom. The van der Waals surface area contributed by atoms with Crippen molar-refractivity contribution in [2.45, 2.75) is 18.2 Å². The predicted octanol–water partition coefficient (Wildman–Crippen LogP) is 3.89. The lowest BCUT2D eigenvalue weighted by atomic mass is 10.3. The van der Waals surface area contributed by atoms with E-state index in [-0.39, 0.29) is 11.4 Å². The molecule has 0 aliphatic heterocycles. The van der Waals surface area contributed by atoms with Crippen LogP contribution in [0.25, 0.3) is 10.8 Å². The number of benzene rings is 1. The van der Waals surface area contributed by atoms with E-state index >= 15 is 0 Å². The summed E-state index contributed by atoms with van der Waals surface area (Å²) in [6.07, 6.45) is 0.452. The summed E-state index contributed by atoms with van der Waals surface area (Å²) in [6, 6.07) is 9.90. The molecule has 0 atom stereocenters. The van der Waals surface area contributed by atoms with Crippen molar-refractivity contribution >= 4 is 33.0 Å². The number of nitrogens with zero attached hydrogens (tertiary/aromatic N) is 1. The summed E-state index contributed by atoms with van der Waals surface area (Å²) < 4.78 is 32.6. The molecule has 24 heavy (non-hydrogen) atoms. The fourth-order valence-corrected chi connectivity index (χ4v) is 3.97. The highest BCUT2D eigenvalue weighted by atomic mass is 35.5. The van der Waals surface area contributed by atoms with Crippen molar-refractivity contribution in [3.63, 3.8) is 0 Å². The second-order valence-electron chi connectivity index (χ2n) is 5.10. The minimum absolute atomic E-state index is 0.183. The summed E-state index contributed by atoms with van der Waals surface area (Å²) in [5.74, 6) is 1.27. The van der Waals surface area contributed by atoms with Gasteiger partial charge < -0.3 is 4.42 Å². The number of aryl methyl sites for hydroxylation is 1. The number of hydrogen-bond donors (Lipinski definition) is 1.